The molecule has 7 nitrogen and oxygen atoms in total. The number of nitrogens with zero attached hydrogens (tertiary/aromatic N) is 4. The Labute approximate surface area is 155 Å². The normalized spacial score (nSPS) is 20.3. The number of fused-ring (bicyclic) bond motifs is 1. The van der Waals surface area contributed by atoms with Crippen LogP contribution in [0.5, 0.6) is 0 Å². The number of rotatable bonds is 5. The van der Waals surface area contributed by atoms with Crippen molar-refractivity contribution < 1.29 is 9.59 Å². The van der Waals surface area contributed by atoms with Gasteiger partial charge in [-0.3, -0.25) is 9.59 Å². The molecular formula is C19H29N5O2. The van der Waals surface area contributed by atoms with Crippen molar-refractivity contribution in [2.75, 3.05) is 32.1 Å². The van der Waals surface area contributed by atoms with Crippen LogP contribution < -0.4 is 10.2 Å². The summed E-state index contributed by atoms with van der Waals surface area (Å²) in [6.07, 6.45) is 8.76. The van der Waals surface area contributed by atoms with Crippen LogP contribution in [0.4, 0.5) is 5.95 Å². The zero-order valence-electron chi connectivity index (χ0n) is 15.8. The van der Waals surface area contributed by atoms with Crippen LogP contribution in [0.3, 0.4) is 0 Å². The van der Waals surface area contributed by atoms with Crippen LogP contribution in [-0.2, 0) is 16.0 Å². The molecule has 142 valence electrons. The number of carbonyl (C=O) groups is 2. The van der Waals surface area contributed by atoms with Gasteiger partial charge in [0.25, 0.3) is 0 Å². The van der Waals surface area contributed by atoms with E-state index in [1.807, 2.05) is 30.1 Å². The van der Waals surface area contributed by atoms with Gasteiger partial charge in [-0.25, -0.2) is 9.97 Å². The van der Waals surface area contributed by atoms with Gasteiger partial charge < -0.3 is 15.1 Å². The highest BCUT2D eigenvalue weighted by Crippen LogP contribution is 2.29. The number of aromatic nitrogens is 2. The predicted octanol–water partition coefficient (Wildman–Crippen LogP) is 1.83. The van der Waals surface area contributed by atoms with Gasteiger partial charge in [-0.15, -0.1) is 0 Å². The SMILES string of the molecule is CN(C)c1ncc2c(n1)CCCC2NC(=O)CCN1CCCCCC1=O. The topological polar surface area (TPSA) is 78.4 Å². The zero-order valence-corrected chi connectivity index (χ0v) is 15.8. The van der Waals surface area contributed by atoms with Crippen molar-refractivity contribution in [3.05, 3.63) is 17.5 Å². The maximum absolute atomic E-state index is 12.4. The minimum Gasteiger partial charge on any atom is -0.349 e. The fourth-order valence-electron chi connectivity index (χ4n) is 3.68. The lowest BCUT2D eigenvalue weighted by atomic mass is 9.92. The fourth-order valence-corrected chi connectivity index (χ4v) is 3.68. The monoisotopic (exact) mass is 359 g/mol. The average molecular weight is 359 g/mol. The van der Waals surface area contributed by atoms with Crippen LogP contribution >= 0.6 is 0 Å². The molecule has 1 N–H and O–H groups in total. The third-order valence-corrected chi connectivity index (χ3v) is 5.18. The van der Waals surface area contributed by atoms with E-state index in [-0.39, 0.29) is 17.9 Å². The van der Waals surface area contributed by atoms with E-state index in [2.05, 4.69) is 15.3 Å². The minimum atomic E-state index is -0.0257. The lowest BCUT2D eigenvalue weighted by molar-refractivity contribution is -0.131. The summed E-state index contributed by atoms with van der Waals surface area (Å²) in [5.41, 5.74) is 2.06. The fraction of sp³-hybridized carbons (Fsp3) is 0.684. The Bertz CT molecular complexity index is 661. The first-order chi connectivity index (χ1) is 12.5. The van der Waals surface area contributed by atoms with Crippen LogP contribution in [0.15, 0.2) is 6.20 Å². The number of amides is 2. The Morgan fingerprint density at radius 1 is 1.27 bits per heavy atom. The molecule has 1 fully saturated rings. The van der Waals surface area contributed by atoms with Crippen LogP contribution in [0.1, 0.15) is 62.2 Å². The molecule has 0 radical (unpaired) electrons. The maximum atomic E-state index is 12.4. The number of hydrogen-bond acceptors (Lipinski definition) is 5. The molecule has 1 aromatic heterocycles. The number of nitrogens with one attached hydrogen (secondary N) is 1. The van der Waals surface area contributed by atoms with E-state index in [1.165, 1.54) is 0 Å². The molecule has 0 saturated carbocycles. The molecule has 26 heavy (non-hydrogen) atoms. The van der Waals surface area contributed by atoms with Gasteiger partial charge in [-0.1, -0.05) is 6.42 Å². The molecule has 0 spiro atoms. The summed E-state index contributed by atoms with van der Waals surface area (Å²) in [5.74, 6) is 0.884. The molecule has 1 aliphatic heterocycles. The van der Waals surface area contributed by atoms with Crippen molar-refractivity contribution in [2.45, 2.75) is 57.4 Å². The van der Waals surface area contributed by atoms with Crippen molar-refractivity contribution in [3.8, 4) is 0 Å². The number of aryl methyl sites for hydroxylation is 1. The molecule has 2 aliphatic rings. The summed E-state index contributed by atoms with van der Waals surface area (Å²) < 4.78 is 0. The summed E-state index contributed by atoms with van der Waals surface area (Å²) in [7, 11) is 3.85. The second-order valence-electron chi connectivity index (χ2n) is 7.42. The van der Waals surface area contributed by atoms with Gasteiger partial charge in [-0.2, -0.15) is 0 Å². The van der Waals surface area contributed by atoms with E-state index in [0.29, 0.717) is 25.3 Å². The lowest BCUT2D eigenvalue weighted by Crippen LogP contribution is -2.36. The third kappa shape index (κ3) is 4.51. The van der Waals surface area contributed by atoms with Crippen molar-refractivity contribution in [1.29, 1.82) is 0 Å². The van der Waals surface area contributed by atoms with Crippen LogP contribution in [0.2, 0.25) is 0 Å². The van der Waals surface area contributed by atoms with E-state index < -0.39 is 0 Å². The first-order valence-corrected chi connectivity index (χ1v) is 9.65. The molecule has 3 rings (SSSR count). The first kappa shape index (κ1) is 18.6. The highest BCUT2D eigenvalue weighted by atomic mass is 16.2. The van der Waals surface area contributed by atoms with Gasteiger partial charge in [0.15, 0.2) is 0 Å². The summed E-state index contributed by atoms with van der Waals surface area (Å²) >= 11 is 0. The van der Waals surface area contributed by atoms with Crippen molar-refractivity contribution in [2.24, 2.45) is 0 Å². The summed E-state index contributed by atoms with van der Waals surface area (Å²) in [6.45, 7) is 1.29. The highest BCUT2D eigenvalue weighted by molar-refractivity contribution is 5.79. The first-order valence-electron chi connectivity index (χ1n) is 9.65. The van der Waals surface area contributed by atoms with Crippen LogP contribution in [0.25, 0.3) is 0 Å². The molecule has 7 heteroatoms. The highest BCUT2D eigenvalue weighted by Gasteiger charge is 2.24. The Balaban J connectivity index is 1.57. The van der Waals surface area contributed by atoms with Crippen molar-refractivity contribution >= 4 is 17.8 Å². The van der Waals surface area contributed by atoms with Gasteiger partial charge in [-0.05, 0) is 32.1 Å². The van der Waals surface area contributed by atoms with Gasteiger partial charge >= 0.3 is 0 Å². The molecule has 1 unspecified atom stereocenters. The third-order valence-electron chi connectivity index (χ3n) is 5.18. The number of carbonyl (C=O) groups excluding carboxylic acids is 2. The van der Waals surface area contributed by atoms with E-state index in [4.69, 9.17) is 0 Å². The predicted molar refractivity (Wildman–Crippen MR) is 99.8 cm³/mol. The summed E-state index contributed by atoms with van der Waals surface area (Å²) in [4.78, 5) is 37.2. The lowest BCUT2D eigenvalue weighted by Gasteiger charge is -2.27. The molecule has 2 heterocycles. The van der Waals surface area contributed by atoms with Crippen LogP contribution in [0, 0.1) is 0 Å². The zero-order chi connectivity index (χ0) is 18.5. The van der Waals surface area contributed by atoms with Crippen LogP contribution in [-0.4, -0.2) is 53.9 Å². The molecule has 1 atom stereocenters. The smallest absolute Gasteiger partial charge is 0.225 e. The summed E-state index contributed by atoms with van der Waals surface area (Å²) in [5, 5.41) is 3.12. The second-order valence-corrected chi connectivity index (χ2v) is 7.42. The van der Waals surface area contributed by atoms with E-state index in [9.17, 15) is 9.59 Å². The molecule has 1 aliphatic carbocycles. The van der Waals surface area contributed by atoms with Crippen molar-refractivity contribution in [3.63, 3.8) is 0 Å². The van der Waals surface area contributed by atoms with E-state index in [0.717, 1.165) is 56.3 Å². The van der Waals surface area contributed by atoms with Gasteiger partial charge in [0.1, 0.15) is 0 Å². The van der Waals surface area contributed by atoms with Crippen molar-refractivity contribution in [1.82, 2.24) is 20.2 Å². The van der Waals surface area contributed by atoms with Gasteiger partial charge in [0.05, 0.1) is 11.7 Å². The summed E-state index contributed by atoms with van der Waals surface area (Å²) in [6, 6.07) is -0.0257. The molecule has 1 saturated heterocycles. The molecule has 2 amide bonds. The Morgan fingerprint density at radius 2 is 2.12 bits per heavy atom. The maximum Gasteiger partial charge on any atom is 0.225 e. The Hall–Kier alpha value is -2.18. The quantitative estimate of drug-likeness (QED) is 0.868. The molecule has 1 aromatic rings. The number of likely N-dealkylation sites (tertiary alicyclic amines) is 1. The molecule has 0 aromatic carbocycles. The molecular weight excluding hydrogens is 330 g/mol. The van der Waals surface area contributed by atoms with E-state index in [1.54, 1.807) is 0 Å². The average Bonchev–Trinajstić information content (AvgIpc) is 2.84. The molecule has 0 bridgehead atoms. The second kappa shape index (κ2) is 8.47. The van der Waals surface area contributed by atoms with Gasteiger partial charge in [0, 0.05) is 51.8 Å². The number of hydrogen-bond donors (Lipinski definition) is 1. The number of anilines is 1. The van der Waals surface area contributed by atoms with Gasteiger partial charge in [0.2, 0.25) is 17.8 Å². The Morgan fingerprint density at radius 3 is 2.92 bits per heavy atom. The largest absolute Gasteiger partial charge is 0.349 e. The standard InChI is InChI=1S/C19H29N5O2/c1-23(2)19-20-13-14-15(7-6-8-16(14)22-19)21-17(25)10-12-24-11-5-3-4-9-18(24)26/h13,15H,3-12H2,1-2H3,(H,21,25). The van der Waals surface area contributed by atoms with E-state index >= 15 is 0 Å². The minimum absolute atomic E-state index is 0.00316. The Kier molecular flexibility index (Phi) is 6.06.